The first-order chi connectivity index (χ1) is 7.74. The molecule has 2 bridgehead atoms. The van der Waals surface area contributed by atoms with Crippen LogP contribution < -0.4 is 5.32 Å². The summed E-state index contributed by atoms with van der Waals surface area (Å²) >= 11 is 0. The highest BCUT2D eigenvalue weighted by Crippen LogP contribution is 2.39. The predicted octanol–water partition coefficient (Wildman–Crippen LogP) is 2.03. The molecule has 4 unspecified atom stereocenters. The highest BCUT2D eigenvalue weighted by Gasteiger charge is 2.39. The predicted molar refractivity (Wildman–Crippen MR) is 66.1 cm³/mol. The zero-order valence-corrected chi connectivity index (χ0v) is 10.3. The van der Waals surface area contributed by atoms with Crippen LogP contribution in [0.25, 0.3) is 0 Å². The first-order valence-corrected chi connectivity index (χ1v) is 7.49. The van der Waals surface area contributed by atoms with Crippen LogP contribution in [0.1, 0.15) is 30.7 Å². The fourth-order valence-electron chi connectivity index (χ4n) is 3.10. The molecule has 16 heavy (non-hydrogen) atoms. The highest BCUT2D eigenvalue weighted by atomic mass is 32.2. The second-order valence-corrected chi connectivity index (χ2v) is 6.29. The molecule has 2 fully saturated rings. The van der Waals surface area contributed by atoms with Gasteiger partial charge in [0.05, 0.1) is 0 Å². The molecule has 0 radical (unpaired) electrons. The molecule has 2 aliphatic rings. The molecule has 0 saturated carbocycles. The van der Waals surface area contributed by atoms with Crippen molar-refractivity contribution in [3.63, 3.8) is 0 Å². The summed E-state index contributed by atoms with van der Waals surface area (Å²) in [5, 5.41) is 3.65. The van der Waals surface area contributed by atoms with Crippen molar-refractivity contribution in [1.29, 1.82) is 0 Å². The average molecular weight is 235 g/mol. The summed E-state index contributed by atoms with van der Waals surface area (Å²) in [6, 6.07) is 9.76. The van der Waals surface area contributed by atoms with Gasteiger partial charge in [-0.1, -0.05) is 12.1 Å². The van der Waals surface area contributed by atoms with Gasteiger partial charge in [0, 0.05) is 40.0 Å². The summed E-state index contributed by atoms with van der Waals surface area (Å²) in [5.41, 5.74) is 1.41. The Morgan fingerprint density at radius 1 is 1.25 bits per heavy atom. The van der Waals surface area contributed by atoms with Crippen molar-refractivity contribution in [2.45, 2.75) is 42.2 Å². The van der Waals surface area contributed by atoms with Crippen molar-refractivity contribution < 1.29 is 4.21 Å². The molecule has 2 heterocycles. The van der Waals surface area contributed by atoms with Crippen LogP contribution in [0.5, 0.6) is 0 Å². The number of rotatable bonds is 2. The van der Waals surface area contributed by atoms with Crippen LogP contribution in [0.15, 0.2) is 29.2 Å². The van der Waals surface area contributed by atoms with E-state index in [9.17, 15) is 4.21 Å². The van der Waals surface area contributed by atoms with E-state index < -0.39 is 10.8 Å². The Bertz CT molecular complexity index is 414. The van der Waals surface area contributed by atoms with Gasteiger partial charge in [-0.25, -0.2) is 0 Å². The third kappa shape index (κ3) is 1.72. The van der Waals surface area contributed by atoms with Gasteiger partial charge < -0.3 is 5.32 Å². The third-order valence-electron chi connectivity index (χ3n) is 3.94. The van der Waals surface area contributed by atoms with Crippen LogP contribution in [-0.2, 0) is 10.8 Å². The van der Waals surface area contributed by atoms with Crippen molar-refractivity contribution in [2.24, 2.45) is 0 Å². The van der Waals surface area contributed by atoms with Crippen molar-refractivity contribution in [2.75, 3.05) is 6.26 Å². The zero-order chi connectivity index (χ0) is 11.1. The molecule has 1 aromatic carbocycles. The first-order valence-electron chi connectivity index (χ1n) is 5.93. The van der Waals surface area contributed by atoms with E-state index in [0.717, 1.165) is 10.9 Å². The Kier molecular flexibility index (Phi) is 2.60. The topological polar surface area (TPSA) is 29.1 Å². The first kappa shape index (κ1) is 10.5. The molecule has 0 aliphatic carbocycles. The van der Waals surface area contributed by atoms with Crippen LogP contribution >= 0.6 is 0 Å². The van der Waals surface area contributed by atoms with E-state index in [2.05, 4.69) is 17.4 Å². The monoisotopic (exact) mass is 235 g/mol. The third-order valence-corrected chi connectivity index (χ3v) is 4.88. The molecule has 0 amide bonds. The van der Waals surface area contributed by atoms with Crippen molar-refractivity contribution in [3.05, 3.63) is 29.8 Å². The maximum atomic E-state index is 11.3. The molecule has 3 heteroatoms. The molecule has 0 spiro atoms. The van der Waals surface area contributed by atoms with Crippen molar-refractivity contribution >= 4 is 10.8 Å². The molecule has 2 saturated heterocycles. The Morgan fingerprint density at radius 2 is 2.00 bits per heavy atom. The van der Waals surface area contributed by atoms with Gasteiger partial charge in [0.15, 0.2) is 0 Å². The van der Waals surface area contributed by atoms with E-state index in [0.29, 0.717) is 12.0 Å². The van der Waals surface area contributed by atoms with Crippen LogP contribution in [0.3, 0.4) is 0 Å². The van der Waals surface area contributed by atoms with Gasteiger partial charge in [0.25, 0.3) is 0 Å². The van der Waals surface area contributed by atoms with Crippen molar-refractivity contribution in [3.8, 4) is 0 Å². The van der Waals surface area contributed by atoms with Crippen LogP contribution in [-0.4, -0.2) is 22.5 Å². The molecule has 0 aromatic heterocycles. The summed E-state index contributed by atoms with van der Waals surface area (Å²) < 4.78 is 11.3. The van der Waals surface area contributed by atoms with Gasteiger partial charge in [-0.2, -0.15) is 0 Å². The zero-order valence-electron chi connectivity index (χ0n) is 9.48. The van der Waals surface area contributed by atoms with Gasteiger partial charge in [0.2, 0.25) is 0 Å². The number of fused-ring (bicyclic) bond motifs is 2. The van der Waals surface area contributed by atoms with E-state index in [-0.39, 0.29) is 0 Å². The minimum atomic E-state index is -0.856. The maximum Gasteiger partial charge on any atom is 0.0498 e. The second-order valence-electron chi connectivity index (χ2n) is 4.91. The quantitative estimate of drug-likeness (QED) is 0.850. The van der Waals surface area contributed by atoms with E-state index in [1.54, 1.807) is 6.26 Å². The largest absolute Gasteiger partial charge is 0.311 e. The summed E-state index contributed by atoms with van der Waals surface area (Å²) in [6.07, 6.45) is 5.67. The Hall–Kier alpha value is -0.670. The van der Waals surface area contributed by atoms with E-state index >= 15 is 0 Å². The lowest BCUT2D eigenvalue weighted by Crippen LogP contribution is -2.21. The van der Waals surface area contributed by atoms with Gasteiger partial charge in [-0.3, -0.25) is 4.21 Å². The van der Waals surface area contributed by atoms with Crippen LogP contribution in [0.4, 0.5) is 0 Å². The fourth-order valence-corrected chi connectivity index (χ4v) is 3.62. The van der Waals surface area contributed by atoms with Crippen molar-refractivity contribution in [1.82, 2.24) is 5.32 Å². The molecule has 1 aromatic rings. The van der Waals surface area contributed by atoms with E-state index in [1.165, 1.54) is 24.8 Å². The molecule has 4 atom stereocenters. The van der Waals surface area contributed by atoms with E-state index in [1.807, 2.05) is 12.1 Å². The van der Waals surface area contributed by atoms with Crippen LogP contribution in [0, 0.1) is 0 Å². The summed E-state index contributed by atoms with van der Waals surface area (Å²) in [6.45, 7) is 0. The lowest BCUT2D eigenvalue weighted by molar-refractivity contribution is 0.506. The standard InChI is InChI=1S/C13H17NOS/c1-16(15)11-5-2-9(3-6-11)12-8-10-4-7-13(12)14-10/h2-3,5-6,10,12-14H,4,7-8H2,1H3. The summed E-state index contributed by atoms with van der Waals surface area (Å²) in [7, 11) is -0.856. The smallest absolute Gasteiger partial charge is 0.0498 e. The second kappa shape index (κ2) is 3.97. The molecular formula is C13H17NOS. The Labute approximate surface area is 98.9 Å². The number of hydrogen-bond donors (Lipinski definition) is 1. The highest BCUT2D eigenvalue weighted by molar-refractivity contribution is 7.84. The normalized spacial score (nSPS) is 34.2. The molecular weight excluding hydrogens is 218 g/mol. The average Bonchev–Trinajstić information content (AvgIpc) is 2.91. The van der Waals surface area contributed by atoms with Gasteiger partial charge in [0.1, 0.15) is 0 Å². The fraction of sp³-hybridized carbons (Fsp3) is 0.538. The van der Waals surface area contributed by atoms with Crippen LogP contribution in [0.2, 0.25) is 0 Å². The molecule has 2 nitrogen and oxygen atoms in total. The molecule has 1 N–H and O–H groups in total. The van der Waals surface area contributed by atoms with Gasteiger partial charge >= 0.3 is 0 Å². The molecule has 86 valence electrons. The number of benzene rings is 1. The molecule has 2 aliphatic heterocycles. The summed E-state index contributed by atoms with van der Waals surface area (Å²) in [5.74, 6) is 0.679. The van der Waals surface area contributed by atoms with E-state index in [4.69, 9.17) is 0 Å². The lowest BCUT2D eigenvalue weighted by Gasteiger charge is -2.20. The maximum absolute atomic E-state index is 11.3. The van der Waals surface area contributed by atoms with Gasteiger partial charge in [-0.05, 0) is 37.0 Å². The molecule has 3 rings (SSSR count). The summed E-state index contributed by atoms with van der Waals surface area (Å²) in [4.78, 5) is 0.930. The Balaban J connectivity index is 1.82. The number of nitrogens with one attached hydrogen (secondary N) is 1. The Morgan fingerprint density at radius 3 is 2.50 bits per heavy atom. The SMILES string of the molecule is CS(=O)c1ccc(C2CC3CCC2N3)cc1. The minimum Gasteiger partial charge on any atom is -0.311 e. The van der Waals surface area contributed by atoms with Gasteiger partial charge in [-0.15, -0.1) is 0 Å². The minimum absolute atomic E-state index is 0.679. The number of hydrogen-bond acceptors (Lipinski definition) is 2. The lowest BCUT2D eigenvalue weighted by atomic mass is 9.84.